The van der Waals surface area contributed by atoms with Gasteiger partial charge in [0, 0.05) is 26.2 Å². The number of carbonyl (C=O) groups is 1. The summed E-state index contributed by atoms with van der Waals surface area (Å²) in [5, 5.41) is 10.4. The number of ether oxygens (including phenoxy) is 1. The number of hydrogen-bond donors (Lipinski definition) is 2. The number of benzene rings is 1. The highest BCUT2D eigenvalue weighted by Crippen LogP contribution is 2.36. The van der Waals surface area contributed by atoms with Crippen molar-refractivity contribution in [3.8, 4) is 5.75 Å². The van der Waals surface area contributed by atoms with Gasteiger partial charge in [0.2, 0.25) is 10.0 Å². The number of sulfonamides is 1. The molecule has 2 N–H and O–H groups in total. The fourth-order valence-electron chi connectivity index (χ4n) is 2.93. The lowest BCUT2D eigenvalue weighted by Gasteiger charge is -2.47. The van der Waals surface area contributed by atoms with E-state index in [1.807, 2.05) is 0 Å². The molecule has 0 saturated carbocycles. The van der Waals surface area contributed by atoms with Crippen LogP contribution in [0, 0.1) is 5.41 Å². The monoisotopic (exact) mass is 410 g/mol. The Morgan fingerprint density at radius 3 is 2.00 bits per heavy atom. The molecule has 11 heteroatoms. The van der Waals surface area contributed by atoms with Gasteiger partial charge in [-0.05, 0) is 42.5 Å². The fourth-order valence-corrected chi connectivity index (χ4v) is 4.37. The summed E-state index contributed by atoms with van der Waals surface area (Å²) in [4.78, 5) is 9.24. The lowest BCUT2D eigenvalue weighted by Crippen LogP contribution is -2.58. The summed E-state index contributed by atoms with van der Waals surface area (Å²) >= 11 is 0. The minimum absolute atomic E-state index is 0.348. The molecule has 7 nitrogen and oxygen atoms in total. The summed E-state index contributed by atoms with van der Waals surface area (Å²) in [6, 6.07) is 6.61. The van der Waals surface area contributed by atoms with Gasteiger partial charge in [0.15, 0.2) is 0 Å². The summed E-state index contributed by atoms with van der Waals surface area (Å²) in [7, 11) is -1.79. The summed E-state index contributed by atoms with van der Waals surface area (Å²) in [5.74, 6) is -2.09. The quantitative estimate of drug-likeness (QED) is 0.788. The Labute approximate surface area is 155 Å². The highest BCUT2D eigenvalue weighted by molar-refractivity contribution is 7.89. The number of hydrogen-bond acceptors (Lipinski definition) is 5. The molecule has 1 spiro atoms. The van der Waals surface area contributed by atoms with E-state index in [1.54, 1.807) is 35.7 Å². The number of halogens is 3. The second-order valence-corrected chi connectivity index (χ2v) is 8.42. The van der Waals surface area contributed by atoms with Gasteiger partial charge in [0.05, 0.1) is 12.0 Å². The molecule has 1 aromatic carbocycles. The van der Waals surface area contributed by atoms with Crippen LogP contribution in [0.3, 0.4) is 0 Å². The molecule has 2 aliphatic heterocycles. The molecule has 1 aromatic rings. The van der Waals surface area contributed by atoms with Crippen LogP contribution in [0.25, 0.3) is 0 Å². The molecule has 0 atom stereocenters. The Morgan fingerprint density at radius 2 is 1.67 bits per heavy atom. The molecule has 0 amide bonds. The van der Waals surface area contributed by atoms with Crippen molar-refractivity contribution < 1.29 is 36.2 Å². The third-order valence-corrected chi connectivity index (χ3v) is 6.64. The zero-order chi connectivity index (χ0) is 20.3. The van der Waals surface area contributed by atoms with E-state index < -0.39 is 22.2 Å². The number of carboxylic acid groups (broad SMARTS) is 1. The standard InChI is InChI=1S/C14H20N2O3S.C2HF3O2/c1-19-12-2-4-13(5-3-12)20(17,18)16-8-6-14(7-9-16)10-15-11-14;3-2(4,5)1(6)7/h2-5,15H,6-11H2,1H3;(H,6,7). The molecule has 0 aliphatic carbocycles. The van der Waals surface area contributed by atoms with Gasteiger partial charge in [-0.15, -0.1) is 0 Å². The van der Waals surface area contributed by atoms with Crippen LogP contribution in [0.1, 0.15) is 12.8 Å². The smallest absolute Gasteiger partial charge is 0.490 e. The van der Waals surface area contributed by atoms with Crippen molar-refractivity contribution in [2.24, 2.45) is 5.41 Å². The van der Waals surface area contributed by atoms with Gasteiger partial charge in [0.25, 0.3) is 0 Å². The van der Waals surface area contributed by atoms with Crippen molar-refractivity contribution in [1.82, 2.24) is 9.62 Å². The number of rotatable bonds is 3. The molecule has 152 valence electrons. The average molecular weight is 410 g/mol. The first-order valence-electron chi connectivity index (χ1n) is 8.15. The van der Waals surface area contributed by atoms with E-state index in [9.17, 15) is 21.6 Å². The third-order valence-electron chi connectivity index (χ3n) is 4.72. The van der Waals surface area contributed by atoms with E-state index in [2.05, 4.69) is 5.32 Å². The van der Waals surface area contributed by atoms with Gasteiger partial charge < -0.3 is 15.2 Å². The predicted octanol–water partition coefficient (Wildman–Crippen LogP) is 1.70. The number of nitrogens with one attached hydrogen (secondary N) is 1. The summed E-state index contributed by atoms with van der Waals surface area (Å²) in [5.41, 5.74) is 0.353. The zero-order valence-electron chi connectivity index (χ0n) is 14.6. The minimum Gasteiger partial charge on any atom is -0.497 e. The average Bonchev–Trinajstić information content (AvgIpc) is 2.60. The lowest BCUT2D eigenvalue weighted by molar-refractivity contribution is -0.192. The molecular weight excluding hydrogens is 389 g/mol. The lowest BCUT2D eigenvalue weighted by atomic mass is 9.74. The van der Waals surface area contributed by atoms with Gasteiger partial charge in [-0.25, -0.2) is 13.2 Å². The van der Waals surface area contributed by atoms with Crippen molar-refractivity contribution in [1.29, 1.82) is 0 Å². The molecule has 3 rings (SSSR count). The van der Waals surface area contributed by atoms with Gasteiger partial charge in [0.1, 0.15) is 5.75 Å². The second kappa shape index (κ2) is 8.03. The van der Waals surface area contributed by atoms with E-state index in [0.717, 1.165) is 25.9 Å². The van der Waals surface area contributed by atoms with E-state index in [0.29, 0.717) is 29.1 Å². The van der Waals surface area contributed by atoms with Gasteiger partial charge in [-0.1, -0.05) is 0 Å². The Morgan fingerprint density at radius 1 is 1.19 bits per heavy atom. The SMILES string of the molecule is COc1ccc(S(=O)(=O)N2CCC3(CC2)CNC3)cc1.O=C(O)C(F)(F)F. The third kappa shape index (κ3) is 5.11. The Hall–Kier alpha value is -1.85. The number of methoxy groups -OCH3 is 1. The van der Waals surface area contributed by atoms with Crippen LogP contribution in [0.15, 0.2) is 29.2 Å². The first kappa shape index (κ1) is 21.5. The van der Waals surface area contributed by atoms with Crippen LogP contribution < -0.4 is 10.1 Å². The van der Waals surface area contributed by atoms with Crippen LogP contribution in [0.4, 0.5) is 13.2 Å². The largest absolute Gasteiger partial charge is 0.497 e. The number of nitrogens with zero attached hydrogens (tertiary/aromatic N) is 1. The minimum atomic E-state index is -5.08. The molecule has 0 bridgehead atoms. The van der Waals surface area contributed by atoms with Crippen molar-refractivity contribution in [2.45, 2.75) is 23.9 Å². The van der Waals surface area contributed by atoms with Crippen molar-refractivity contribution >= 4 is 16.0 Å². The predicted molar refractivity (Wildman–Crippen MR) is 90.0 cm³/mol. The molecule has 27 heavy (non-hydrogen) atoms. The van der Waals surface area contributed by atoms with Crippen LogP contribution in [0.5, 0.6) is 5.75 Å². The molecule has 0 unspecified atom stereocenters. The van der Waals surface area contributed by atoms with E-state index in [4.69, 9.17) is 14.6 Å². The zero-order valence-corrected chi connectivity index (χ0v) is 15.4. The number of carboxylic acids is 1. The van der Waals surface area contributed by atoms with Gasteiger partial charge >= 0.3 is 12.1 Å². The van der Waals surface area contributed by atoms with Crippen LogP contribution in [-0.4, -0.2) is 63.3 Å². The molecule has 0 radical (unpaired) electrons. The maximum atomic E-state index is 12.6. The summed E-state index contributed by atoms with van der Waals surface area (Å²) < 4.78 is 63.6. The van der Waals surface area contributed by atoms with E-state index >= 15 is 0 Å². The first-order chi connectivity index (χ1) is 12.5. The van der Waals surface area contributed by atoms with E-state index in [-0.39, 0.29) is 0 Å². The number of alkyl halides is 3. The molecule has 0 aromatic heterocycles. The van der Waals surface area contributed by atoms with Crippen molar-refractivity contribution in [3.63, 3.8) is 0 Å². The normalized spacial score (nSPS) is 19.6. The van der Waals surface area contributed by atoms with Crippen LogP contribution in [0.2, 0.25) is 0 Å². The Kier molecular flexibility index (Phi) is 6.38. The van der Waals surface area contributed by atoms with Crippen LogP contribution >= 0.6 is 0 Å². The number of piperidine rings is 1. The molecule has 2 aliphatic rings. The van der Waals surface area contributed by atoms with Gasteiger partial charge in [-0.3, -0.25) is 0 Å². The Balaban J connectivity index is 0.000000321. The molecule has 2 heterocycles. The van der Waals surface area contributed by atoms with Crippen molar-refractivity contribution in [2.75, 3.05) is 33.3 Å². The van der Waals surface area contributed by atoms with Crippen LogP contribution in [-0.2, 0) is 14.8 Å². The molecular formula is C16H21F3N2O5S. The maximum absolute atomic E-state index is 12.6. The van der Waals surface area contributed by atoms with Crippen molar-refractivity contribution in [3.05, 3.63) is 24.3 Å². The first-order valence-corrected chi connectivity index (χ1v) is 9.59. The molecule has 2 fully saturated rings. The van der Waals surface area contributed by atoms with Gasteiger partial charge in [-0.2, -0.15) is 17.5 Å². The highest BCUT2D eigenvalue weighted by atomic mass is 32.2. The summed E-state index contributed by atoms with van der Waals surface area (Å²) in [6.07, 6.45) is -3.18. The molecule has 2 saturated heterocycles. The maximum Gasteiger partial charge on any atom is 0.490 e. The number of aliphatic carboxylic acids is 1. The Bertz CT molecular complexity index is 751. The highest BCUT2D eigenvalue weighted by Gasteiger charge is 2.42. The van der Waals surface area contributed by atoms with E-state index in [1.165, 1.54) is 0 Å². The topological polar surface area (TPSA) is 95.9 Å². The summed E-state index contributed by atoms with van der Waals surface area (Å²) in [6.45, 7) is 3.30. The fraction of sp³-hybridized carbons (Fsp3) is 0.562. The second-order valence-electron chi connectivity index (χ2n) is 6.49.